The third-order valence-corrected chi connectivity index (χ3v) is 4.84. The van der Waals surface area contributed by atoms with Gasteiger partial charge < -0.3 is 5.32 Å². The normalized spacial score (nSPS) is 11.2. The molecule has 0 aliphatic carbocycles. The first-order chi connectivity index (χ1) is 9.47. The first-order valence-electron chi connectivity index (χ1n) is 5.83. The Bertz CT molecular complexity index is 696. The number of aromatic nitrogens is 2. The van der Waals surface area contributed by atoms with E-state index in [0.717, 1.165) is 17.8 Å². The van der Waals surface area contributed by atoms with Gasteiger partial charge >= 0.3 is 0 Å². The van der Waals surface area contributed by atoms with E-state index in [1.54, 1.807) is 24.3 Å². The molecule has 106 valence electrons. The van der Waals surface area contributed by atoms with E-state index in [1.165, 1.54) is 0 Å². The molecule has 0 atom stereocenters. The molecule has 0 radical (unpaired) electrons. The van der Waals surface area contributed by atoms with Crippen molar-refractivity contribution in [2.75, 3.05) is 12.8 Å². The average Bonchev–Trinajstić information content (AvgIpc) is 2.88. The Morgan fingerprint density at radius 1 is 1.30 bits per heavy atom. The third-order valence-electron chi connectivity index (χ3n) is 2.44. The van der Waals surface area contributed by atoms with Crippen LogP contribution in [0.1, 0.15) is 16.2 Å². The minimum absolute atomic E-state index is 0.00175. The van der Waals surface area contributed by atoms with Crippen LogP contribution in [-0.2, 0) is 16.3 Å². The number of nitrogens with zero attached hydrogens (tertiary/aromatic N) is 2. The number of nitrogens with one attached hydrogen (secondary N) is 1. The number of amides is 1. The predicted molar refractivity (Wildman–Crippen MR) is 75.5 cm³/mol. The summed E-state index contributed by atoms with van der Waals surface area (Å²) in [7, 11) is -3.31. The molecule has 0 aliphatic rings. The van der Waals surface area contributed by atoms with Crippen LogP contribution in [0.3, 0.4) is 0 Å². The number of benzene rings is 1. The molecule has 6 nitrogen and oxygen atoms in total. The van der Waals surface area contributed by atoms with Crippen molar-refractivity contribution in [3.63, 3.8) is 0 Å². The van der Waals surface area contributed by atoms with Gasteiger partial charge in [-0.25, -0.2) is 13.4 Å². The predicted octanol–water partition coefficient (Wildman–Crippen LogP) is 0.914. The molecular weight excluding hydrogens is 298 g/mol. The van der Waals surface area contributed by atoms with Gasteiger partial charge in [-0.05, 0) is 23.7 Å². The fourth-order valence-corrected chi connectivity index (χ4v) is 2.86. The van der Waals surface area contributed by atoms with Crippen LogP contribution in [0.25, 0.3) is 0 Å². The summed E-state index contributed by atoms with van der Waals surface area (Å²) in [5, 5.41) is 2.73. The van der Waals surface area contributed by atoms with Crippen LogP contribution in [0, 0.1) is 0 Å². The molecule has 1 aromatic carbocycles. The van der Waals surface area contributed by atoms with Crippen molar-refractivity contribution >= 4 is 27.3 Å². The second-order valence-electron chi connectivity index (χ2n) is 4.12. The van der Waals surface area contributed by atoms with E-state index in [0.29, 0.717) is 24.4 Å². The number of carbonyl (C=O) groups is 1. The van der Waals surface area contributed by atoms with Crippen LogP contribution in [0.15, 0.2) is 34.7 Å². The van der Waals surface area contributed by atoms with Crippen molar-refractivity contribution in [1.82, 2.24) is 14.7 Å². The molecule has 0 unspecified atom stereocenters. The van der Waals surface area contributed by atoms with Crippen molar-refractivity contribution in [2.45, 2.75) is 10.8 Å². The second kappa shape index (κ2) is 6.10. The zero-order chi connectivity index (χ0) is 14.6. The van der Waals surface area contributed by atoms with Gasteiger partial charge in [-0.3, -0.25) is 4.79 Å². The summed E-state index contributed by atoms with van der Waals surface area (Å²) in [6, 6.07) is 8.85. The summed E-state index contributed by atoms with van der Waals surface area (Å²) in [5.41, 5.74) is 0.579. The lowest BCUT2D eigenvalue weighted by molar-refractivity contribution is 0.0954. The molecule has 1 heterocycles. The molecule has 0 saturated carbocycles. The highest BCUT2D eigenvalue weighted by Crippen LogP contribution is 2.11. The van der Waals surface area contributed by atoms with Crippen molar-refractivity contribution in [1.29, 1.82) is 0 Å². The number of carbonyl (C=O) groups excluding carboxylic acids is 1. The second-order valence-corrected chi connectivity index (χ2v) is 7.06. The van der Waals surface area contributed by atoms with Crippen molar-refractivity contribution < 1.29 is 13.2 Å². The maximum Gasteiger partial charge on any atom is 0.251 e. The van der Waals surface area contributed by atoms with E-state index in [9.17, 15) is 13.2 Å². The molecule has 2 aromatic rings. The lowest BCUT2D eigenvalue weighted by Gasteiger charge is -2.02. The number of sulfone groups is 1. The standard InChI is InChI=1S/C12H13N3O3S2/c1-20(17,18)12-14-10(15-19-12)7-8-13-11(16)9-5-3-2-4-6-9/h2-6H,7-8H2,1H3,(H,13,16). The highest BCUT2D eigenvalue weighted by Gasteiger charge is 2.14. The van der Waals surface area contributed by atoms with E-state index in [1.807, 2.05) is 6.07 Å². The van der Waals surface area contributed by atoms with E-state index in [4.69, 9.17) is 0 Å². The Kier molecular flexibility index (Phi) is 4.46. The molecular formula is C12H13N3O3S2. The molecule has 1 N–H and O–H groups in total. The highest BCUT2D eigenvalue weighted by molar-refractivity contribution is 7.92. The number of hydrogen-bond acceptors (Lipinski definition) is 6. The molecule has 0 aliphatic heterocycles. The van der Waals surface area contributed by atoms with Gasteiger partial charge in [0.25, 0.3) is 5.91 Å². The monoisotopic (exact) mass is 311 g/mol. The molecule has 0 saturated heterocycles. The maximum absolute atomic E-state index is 11.8. The zero-order valence-electron chi connectivity index (χ0n) is 10.7. The maximum atomic E-state index is 11.8. The average molecular weight is 311 g/mol. The summed E-state index contributed by atoms with van der Waals surface area (Å²) in [5.74, 6) is 0.243. The fourth-order valence-electron chi connectivity index (χ4n) is 1.47. The number of hydrogen-bond donors (Lipinski definition) is 1. The van der Waals surface area contributed by atoms with Crippen molar-refractivity contribution in [3.05, 3.63) is 41.7 Å². The summed E-state index contributed by atoms with van der Waals surface area (Å²) < 4.78 is 26.5. The van der Waals surface area contributed by atoms with Gasteiger partial charge in [-0.2, -0.15) is 4.37 Å². The first kappa shape index (κ1) is 14.6. The zero-order valence-corrected chi connectivity index (χ0v) is 12.4. The Balaban J connectivity index is 1.88. The van der Waals surface area contributed by atoms with Gasteiger partial charge in [0.15, 0.2) is 0 Å². The smallest absolute Gasteiger partial charge is 0.251 e. The van der Waals surface area contributed by atoms with Gasteiger partial charge in [0.1, 0.15) is 5.82 Å². The van der Waals surface area contributed by atoms with Gasteiger partial charge in [-0.1, -0.05) is 18.2 Å². The molecule has 0 spiro atoms. The van der Waals surface area contributed by atoms with E-state index in [2.05, 4.69) is 14.7 Å². The summed E-state index contributed by atoms with van der Waals surface area (Å²) in [4.78, 5) is 15.7. The SMILES string of the molecule is CS(=O)(=O)c1nc(CCNC(=O)c2ccccc2)ns1. The minimum Gasteiger partial charge on any atom is -0.352 e. The molecule has 0 bridgehead atoms. The molecule has 0 fully saturated rings. The van der Waals surface area contributed by atoms with Crippen molar-refractivity contribution in [3.8, 4) is 0 Å². The summed E-state index contributed by atoms with van der Waals surface area (Å²) in [6.07, 6.45) is 1.49. The summed E-state index contributed by atoms with van der Waals surface area (Å²) in [6.45, 7) is 0.355. The van der Waals surface area contributed by atoms with Gasteiger partial charge in [0, 0.05) is 24.8 Å². The van der Waals surface area contributed by atoms with Crippen LogP contribution in [-0.4, -0.2) is 36.5 Å². The Morgan fingerprint density at radius 2 is 2.00 bits per heavy atom. The molecule has 1 aromatic heterocycles. The fraction of sp³-hybridized carbons (Fsp3) is 0.250. The van der Waals surface area contributed by atoms with E-state index < -0.39 is 9.84 Å². The van der Waals surface area contributed by atoms with E-state index >= 15 is 0 Å². The van der Waals surface area contributed by atoms with Crippen LogP contribution >= 0.6 is 11.5 Å². The molecule has 2 rings (SSSR count). The number of rotatable bonds is 5. The van der Waals surface area contributed by atoms with Gasteiger partial charge in [0.05, 0.1) is 0 Å². The van der Waals surface area contributed by atoms with Crippen LogP contribution < -0.4 is 5.32 Å². The van der Waals surface area contributed by atoms with Crippen LogP contribution in [0.2, 0.25) is 0 Å². The van der Waals surface area contributed by atoms with Crippen molar-refractivity contribution in [2.24, 2.45) is 0 Å². The first-order valence-corrected chi connectivity index (χ1v) is 8.49. The minimum atomic E-state index is -3.31. The Morgan fingerprint density at radius 3 is 2.60 bits per heavy atom. The Labute approximate surface area is 121 Å². The molecule has 1 amide bonds. The lowest BCUT2D eigenvalue weighted by Crippen LogP contribution is -2.25. The third kappa shape index (κ3) is 3.84. The molecule has 20 heavy (non-hydrogen) atoms. The lowest BCUT2D eigenvalue weighted by atomic mass is 10.2. The summed E-state index contributed by atoms with van der Waals surface area (Å²) >= 11 is 0.850. The van der Waals surface area contributed by atoms with Gasteiger partial charge in [-0.15, -0.1) is 0 Å². The Hall–Kier alpha value is -1.80. The van der Waals surface area contributed by atoms with E-state index in [-0.39, 0.29) is 10.2 Å². The van der Waals surface area contributed by atoms with Crippen LogP contribution in [0.4, 0.5) is 0 Å². The highest BCUT2D eigenvalue weighted by atomic mass is 32.2. The quantitative estimate of drug-likeness (QED) is 0.886. The van der Waals surface area contributed by atoms with Gasteiger partial charge in [0.2, 0.25) is 14.2 Å². The topological polar surface area (TPSA) is 89.0 Å². The molecule has 8 heteroatoms. The van der Waals surface area contributed by atoms with Crippen LogP contribution in [0.5, 0.6) is 0 Å². The largest absolute Gasteiger partial charge is 0.352 e.